The number of aliphatic hydroxyl groups excluding tert-OH is 1. The van der Waals surface area contributed by atoms with Crippen LogP contribution in [-0.2, 0) is 9.59 Å². The Morgan fingerprint density at radius 1 is 0.386 bits per heavy atom. The van der Waals surface area contributed by atoms with Crippen LogP contribution in [0, 0.1) is 0 Å². The standard InChI is InChI=1S/C64H108N2O4/c1-5-9-13-17-21-25-29-33-37-41-49-65(50-42-38-34-30-26-22-18-14-10-6-2)55-45-47-57(59(67)53-55)61-63(69)62(64(61)70)58-48-46-56(54-60(58)68)66(51-43-39-35-31-27-23-19-15-11-7-3)52-44-40-36-32-28-24-20-16-12-8-4/h45-48,53-54,67,69H,5-44,49-52H2,1-4H3/b62-58-. The summed E-state index contributed by atoms with van der Waals surface area (Å²) in [4.78, 5) is 32.5. The molecule has 70 heavy (non-hydrogen) atoms. The summed E-state index contributed by atoms with van der Waals surface area (Å²) in [6, 6.07) is 5.56. The first-order valence-corrected chi connectivity index (χ1v) is 30.4. The molecule has 0 saturated carbocycles. The SMILES string of the molecule is CCCCCCCCCCCCN(CCCCCCCCCCCC)C1=CC(=O)/C(=C2\C(=O)C(c3ccc(N(CCCCCCCCCCCC)CCCCCCCCCCCC)cc3O)=C2O)C=C1. The van der Waals surface area contributed by atoms with Crippen LogP contribution in [0.25, 0.3) is 5.57 Å². The molecule has 0 unspecified atom stereocenters. The van der Waals surface area contributed by atoms with Crippen LogP contribution < -0.4 is 4.90 Å². The van der Waals surface area contributed by atoms with E-state index < -0.39 is 0 Å². The fourth-order valence-electron chi connectivity index (χ4n) is 10.6. The molecule has 0 spiro atoms. The van der Waals surface area contributed by atoms with Crippen LogP contribution in [0.3, 0.4) is 0 Å². The number of anilines is 1. The van der Waals surface area contributed by atoms with Crippen molar-refractivity contribution in [3.63, 3.8) is 0 Å². The Morgan fingerprint density at radius 3 is 1.03 bits per heavy atom. The molecule has 0 saturated heterocycles. The maximum atomic E-state index is 13.8. The molecule has 2 N–H and O–H groups in total. The lowest BCUT2D eigenvalue weighted by Gasteiger charge is -2.29. The summed E-state index contributed by atoms with van der Waals surface area (Å²) in [6.45, 7) is 12.8. The summed E-state index contributed by atoms with van der Waals surface area (Å²) in [7, 11) is 0. The number of Topliss-reactive ketones (excluding diaryl/α,β-unsaturated/α-hetero) is 1. The van der Waals surface area contributed by atoms with Crippen molar-refractivity contribution < 1.29 is 19.8 Å². The first kappa shape index (κ1) is 61.0. The number of unbranched alkanes of at least 4 members (excludes halogenated alkanes) is 36. The van der Waals surface area contributed by atoms with E-state index in [1.54, 1.807) is 24.3 Å². The number of hydrogen-bond acceptors (Lipinski definition) is 6. The van der Waals surface area contributed by atoms with E-state index >= 15 is 0 Å². The summed E-state index contributed by atoms with van der Waals surface area (Å²) in [6.07, 6.45) is 57.2. The zero-order valence-electron chi connectivity index (χ0n) is 46.2. The zero-order chi connectivity index (χ0) is 50.3. The quantitative estimate of drug-likeness (QED) is 0.0500. The van der Waals surface area contributed by atoms with E-state index in [9.17, 15) is 19.8 Å². The first-order valence-electron chi connectivity index (χ1n) is 30.4. The molecule has 6 heteroatoms. The Labute approximate surface area is 431 Å². The number of ketones is 2. The molecule has 0 amide bonds. The lowest BCUT2D eigenvalue weighted by Crippen LogP contribution is -2.29. The number of hydrogen-bond donors (Lipinski definition) is 2. The van der Waals surface area contributed by atoms with Crippen LogP contribution in [0.15, 0.2) is 59.0 Å². The number of phenols is 1. The van der Waals surface area contributed by atoms with E-state index in [-0.39, 0.29) is 39.8 Å². The molecule has 3 rings (SSSR count). The Kier molecular flexibility index (Phi) is 35.1. The van der Waals surface area contributed by atoms with E-state index in [0.717, 1.165) is 63.2 Å². The second-order valence-electron chi connectivity index (χ2n) is 21.5. The van der Waals surface area contributed by atoms with Gasteiger partial charge in [-0.05, 0) is 50.0 Å². The summed E-state index contributed by atoms with van der Waals surface area (Å²) in [5.74, 6) is -0.824. The van der Waals surface area contributed by atoms with Crippen molar-refractivity contribution >= 4 is 22.8 Å². The van der Waals surface area contributed by atoms with Crippen molar-refractivity contribution in [1.29, 1.82) is 0 Å². The van der Waals surface area contributed by atoms with E-state index in [4.69, 9.17) is 0 Å². The molecule has 1 aromatic rings. The van der Waals surface area contributed by atoms with Crippen molar-refractivity contribution in [2.24, 2.45) is 0 Å². The van der Waals surface area contributed by atoms with E-state index in [0.29, 0.717) is 5.56 Å². The highest BCUT2D eigenvalue weighted by atomic mass is 16.3. The minimum Gasteiger partial charge on any atom is -0.507 e. The van der Waals surface area contributed by atoms with Crippen molar-refractivity contribution in [2.45, 2.75) is 285 Å². The van der Waals surface area contributed by atoms with Gasteiger partial charge in [0, 0.05) is 60.8 Å². The average molecular weight is 970 g/mol. The van der Waals surface area contributed by atoms with Crippen LogP contribution in [0.2, 0.25) is 0 Å². The van der Waals surface area contributed by atoms with Gasteiger partial charge in [0.15, 0.2) is 5.78 Å². The predicted octanol–water partition coefficient (Wildman–Crippen LogP) is 19.4. The number of phenolic OH excluding ortho intramolecular Hbond substituents is 1. The largest absolute Gasteiger partial charge is 0.507 e. The third-order valence-corrected chi connectivity index (χ3v) is 15.3. The van der Waals surface area contributed by atoms with Gasteiger partial charge < -0.3 is 20.0 Å². The number of aliphatic hydroxyl groups is 1. The van der Waals surface area contributed by atoms with Gasteiger partial charge >= 0.3 is 0 Å². The number of allylic oxidation sites excluding steroid dienone is 6. The molecule has 2 aliphatic carbocycles. The van der Waals surface area contributed by atoms with Crippen LogP contribution in [0.5, 0.6) is 5.75 Å². The topological polar surface area (TPSA) is 81.1 Å². The van der Waals surface area contributed by atoms with Gasteiger partial charge in [0.1, 0.15) is 11.5 Å². The van der Waals surface area contributed by atoms with Gasteiger partial charge in [0.2, 0.25) is 5.78 Å². The molecule has 0 radical (unpaired) electrons. The molecule has 0 aliphatic heterocycles. The minimum absolute atomic E-state index is 0.00474. The Bertz CT molecular complexity index is 1620. The lowest BCUT2D eigenvalue weighted by molar-refractivity contribution is -0.114. The van der Waals surface area contributed by atoms with Crippen LogP contribution in [0.1, 0.15) is 290 Å². The average Bonchev–Trinajstić information content (AvgIpc) is 3.36. The highest BCUT2D eigenvalue weighted by Crippen LogP contribution is 2.43. The number of nitrogens with zero attached hydrogens (tertiary/aromatic N) is 2. The van der Waals surface area contributed by atoms with Gasteiger partial charge in [0.25, 0.3) is 0 Å². The molecule has 0 atom stereocenters. The molecule has 398 valence electrons. The highest BCUT2D eigenvalue weighted by molar-refractivity contribution is 6.41. The van der Waals surface area contributed by atoms with Crippen LogP contribution >= 0.6 is 0 Å². The summed E-state index contributed by atoms with van der Waals surface area (Å²) in [5, 5.41) is 22.9. The third-order valence-electron chi connectivity index (χ3n) is 15.3. The van der Waals surface area contributed by atoms with Crippen LogP contribution in [-0.4, -0.2) is 52.9 Å². The highest BCUT2D eigenvalue weighted by Gasteiger charge is 2.39. The summed E-state index contributed by atoms with van der Waals surface area (Å²) in [5.41, 5.74) is 2.60. The predicted molar refractivity (Wildman–Crippen MR) is 303 cm³/mol. The van der Waals surface area contributed by atoms with Gasteiger partial charge in [0.05, 0.1) is 11.1 Å². The third kappa shape index (κ3) is 24.9. The van der Waals surface area contributed by atoms with E-state index in [2.05, 4.69) is 37.5 Å². The van der Waals surface area contributed by atoms with Crippen LogP contribution in [0.4, 0.5) is 5.69 Å². The van der Waals surface area contributed by atoms with Gasteiger partial charge in [-0.3, -0.25) is 9.59 Å². The number of benzene rings is 1. The van der Waals surface area contributed by atoms with Crippen molar-refractivity contribution in [3.05, 3.63) is 64.6 Å². The van der Waals surface area contributed by atoms with Gasteiger partial charge in [-0.15, -0.1) is 0 Å². The number of rotatable bonds is 47. The fourth-order valence-corrected chi connectivity index (χ4v) is 10.6. The monoisotopic (exact) mass is 969 g/mol. The maximum absolute atomic E-state index is 13.8. The van der Waals surface area contributed by atoms with Crippen molar-refractivity contribution in [3.8, 4) is 5.75 Å². The first-order chi connectivity index (χ1) is 34.4. The molecular formula is C64H108N2O4. The molecular weight excluding hydrogens is 861 g/mol. The molecule has 0 aromatic heterocycles. The zero-order valence-corrected chi connectivity index (χ0v) is 46.2. The Hall–Kier alpha value is -3.28. The number of aromatic hydroxyl groups is 1. The molecule has 1 aromatic carbocycles. The Morgan fingerprint density at radius 2 is 0.714 bits per heavy atom. The van der Waals surface area contributed by atoms with E-state index in [1.807, 2.05) is 12.1 Å². The van der Waals surface area contributed by atoms with Gasteiger partial charge in [-0.25, -0.2) is 0 Å². The van der Waals surface area contributed by atoms with Crippen molar-refractivity contribution in [1.82, 2.24) is 4.90 Å². The van der Waals surface area contributed by atoms with Gasteiger partial charge in [-0.1, -0.05) is 259 Å². The summed E-state index contributed by atoms with van der Waals surface area (Å²) < 4.78 is 0. The summed E-state index contributed by atoms with van der Waals surface area (Å²) >= 11 is 0. The second kappa shape index (κ2) is 40.2. The molecule has 0 heterocycles. The molecule has 6 nitrogen and oxygen atoms in total. The minimum atomic E-state index is -0.384. The maximum Gasteiger partial charge on any atom is 0.202 e. The molecule has 0 fully saturated rings. The van der Waals surface area contributed by atoms with E-state index in [1.165, 1.54) is 231 Å². The smallest absolute Gasteiger partial charge is 0.202 e. The Balaban J connectivity index is 1.64. The van der Waals surface area contributed by atoms with Crippen molar-refractivity contribution in [2.75, 3.05) is 31.1 Å². The lowest BCUT2D eigenvalue weighted by atomic mass is 9.79. The second-order valence-corrected chi connectivity index (χ2v) is 21.5. The number of carbonyl (C=O) groups excluding carboxylic acids is 2. The fraction of sp³-hybridized carbons (Fsp3) is 0.750. The molecule has 2 aliphatic rings. The number of carbonyl (C=O) groups is 2. The molecule has 0 bridgehead atoms. The normalized spacial score (nSPS) is 14.8. The van der Waals surface area contributed by atoms with Gasteiger partial charge in [-0.2, -0.15) is 0 Å².